The average Bonchev–Trinajstić information content (AvgIpc) is 1.92. The van der Waals surface area contributed by atoms with E-state index in [1.807, 2.05) is 0 Å². The van der Waals surface area contributed by atoms with Crippen LogP contribution in [0.25, 0.3) is 0 Å². The molecule has 12 heavy (non-hydrogen) atoms. The molecule has 0 saturated carbocycles. The van der Waals surface area contributed by atoms with Crippen molar-refractivity contribution in [3.05, 3.63) is 11.1 Å². The van der Waals surface area contributed by atoms with Gasteiger partial charge in [0.25, 0.3) is 0 Å². The maximum atomic E-state index is 5.75. The zero-order valence-corrected chi connectivity index (χ0v) is 10.5. The second kappa shape index (κ2) is 3.13. The van der Waals surface area contributed by atoms with Crippen molar-refractivity contribution in [1.82, 2.24) is 0 Å². The third-order valence-corrected chi connectivity index (χ3v) is 5.70. The van der Waals surface area contributed by atoms with E-state index >= 15 is 0 Å². The molecule has 0 aliphatic heterocycles. The second-order valence-corrected chi connectivity index (χ2v) is 6.71. The Kier molecular flexibility index (Phi) is 3.09. The molecule has 0 N–H and O–H groups in total. The van der Waals surface area contributed by atoms with Gasteiger partial charge in [0, 0.05) is 0 Å². The van der Waals surface area contributed by atoms with Gasteiger partial charge in [0.05, 0.1) is 5.03 Å². The zero-order chi connectivity index (χ0) is 9.78. The largest absolute Gasteiger partial charge is 0.192 e. The van der Waals surface area contributed by atoms with E-state index in [0.717, 1.165) is 0 Å². The molecule has 1 aliphatic rings. The topological polar surface area (TPSA) is 0 Å². The fourth-order valence-corrected chi connectivity index (χ4v) is 2.63. The van der Waals surface area contributed by atoms with Crippen LogP contribution in [0.5, 0.6) is 0 Å². The highest BCUT2D eigenvalue weighted by molar-refractivity contribution is 6.74. The Hall–Kier alpha value is 1.77. The van der Waals surface area contributed by atoms with Crippen LogP contribution in [0, 0.1) is 0 Å². The first-order valence-electron chi connectivity index (χ1n) is 2.65. The van der Waals surface area contributed by atoms with Crippen molar-refractivity contribution >= 4 is 81.2 Å². The number of halogens is 7. The van der Waals surface area contributed by atoms with Crippen LogP contribution in [0.2, 0.25) is 0 Å². The number of rotatable bonds is 0. The third-order valence-electron chi connectivity index (χ3n) is 1.42. The summed E-state index contributed by atoms with van der Waals surface area (Å²) in [6.45, 7) is 0. The summed E-state index contributed by atoms with van der Waals surface area (Å²) in [5, 5.41) is 0.0147. The van der Waals surface area contributed by atoms with Crippen molar-refractivity contribution in [3.63, 3.8) is 0 Å². The highest BCUT2D eigenvalue weighted by Crippen LogP contribution is 2.63. The van der Waals surface area contributed by atoms with E-state index in [1.54, 1.807) is 0 Å². The summed E-state index contributed by atoms with van der Waals surface area (Å²) in [5.74, 6) is 0. The molecule has 0 heterocycles. The third kappa shape index (κ3) is 1.44. The molecule has 0 aromatic rings. The quantitative estimate of drug-likeness (QED) is 0.572. The molecule has 0 saturated heterocycles. The molecule has 1 aliphatic carbocycles. The number of hydrogen-bond acceptors (Lipinski definition) is 0. The molecule has 0 spiro atoms. The summed E-state index contributed by atoms with van der Waals surface area (Å²) in [5.41, 5.74) is 0. The van der Waals surface area contributed by atoms with Crippen LogP contribution >= 0.6 is 81.2 Å². The fourth-order valence-electron chi connectivity index (χ4n) is 0.700. The normalized spacial score (nSPS) is 30.1. The van der Waals surface area contributed by atoms with Crippen molar-refractivity contribution in [2.75, 3.05) is 0 Å². The number of allylic oxidation sites excluding steroid dienone is 2. The first-order valence-corrected chi connectivity index (χ1v) is 5.30. The lowest BCUT2D eigenvalue weighted by atomic mass is 10.3. The smallest absolute Gasteiger partial charge is 0.0941 e. The van der Waals surface area contributed by atoms with Gasteiger partial charge >= 0.3 is 0 Å². The van der Waals surface area contributed by atoms with Gasteiger partial charge in [0.15, 0.2) is 13.0 Å². The van der Waals surface area contributed by atoms with Gasteiger partial charge in [0.2, 0.25) is 0 Å². The van der Waals surface area contributed by atoms with E-state index < -0.39 is 13.0 Å². The van der Waals surface area contributed by atoms with E-state index in [2.05, 4.69) is 0 Å². The summed E-state index contributed by atoms with van der Waals surface area (Å²) in [6.07, 6.45) is 1.21. The van der Waals surface area contributed by atoms with E-state index in [1.165, 1.54) is 6.08 Å². The van der Waals surface area contributed by atoms with E-state index in [9.17, 15) is 0 Å². The van der Waals surface area contributed by atoms with Crippen LogP contribution in [0.1, 0.15) is 0 Å². The highest BCUT2D eigenvalue weighted by Gasteiger charge is 2.65. The minimum absolute atomic E-state index is 0.0147. The van der Waals surface area contributed by atoms with Crippen LogP contribution < -0.4 is 0 Å². The van der Waals surface area contributed by atoms with Gasteiger partial charge in [-0.25, -0.2) is 0 Å². The standard InChI is InChI=1S/C5HCl7/c6-2-1-3(7,8)5(11,12)4(2,9)10/h1H. The van der Waals surface area contributed by atoms with Crippen molar-refractivity contribution in [2.45, 2.75) is 13.0 Å². The molecular formula is C5HCl7. The number of alkyl halides is 6. The molecule has 0 aromatic carbocycles. The lowest BCUT2D eigenvalue weighted by Gasteiger charge is -2.32. The Morgan fingerprint density at radius 3 is 1.42 bits per heavy atom. The van der Waals surface area contributed by atoms with Crippen LogP contribution in [0.3, 0.4) is 0 Å². The van der Waals surface area contributed by atoms with Crippen molar-refractivity contribution in [2.24, 2.45) is 0 Å². The van der Waals surface area contributed by atoms with Gasteiger partial charge < -0.3 is 0 Å². The van der Waals surface area contributed by atoms with Crippen molar-refractivity contribution in [1.29, 1.82) is 0 Å². The molecule has 1 rings (SSSR count). The maximum absolute atomic E-state index is 5.75. The Labute approximate surface area is 105 Å². The monoisotopic (exact) mass is 306 g/mol. The molecule has 70 valence electrons. The summed E-state index contributed by atoms with van der Waals surface area (Å²) < 4.78 is -5.03. The summed E-state index contributed by atoms with van der Waals surface area (Å²) in [6, 6.07) is 0. The lowest BCUT2D eigenvalue weighted by Crippen LogP contribution is -2.43. The molecule has 0 nitrogen and oxygen atoms in total. The van der Waals surface area contributed by atoms with E-state index in [4.69, 9.17) is 81.2 Å². The SMILES string of the molecule is ClC1=CC(Cl)(Cl)C(Cl)(Cl)C1(Cl)Cl. The molecule has 0 bridgehead atoms. The predicted octanol–water partition coefficient (Wildman–Crippen LogP) is 4.64. The Morgan fingerprint density at radius 1 is 0.917 bits per heavy atom. The Morgan fingerprint density at radius 2 is 1.33 bits per heavy atom. The van der Waals surface area contributed by atoms with Crippen LogP contribution in [-0.2, 0) is 0 Å². The highest BCUT2D eigenvalue weighted by atomic mass is 35.5. The average molecular weight is 309 g/mol. The molecule has 0 radical (unpaired) electrons. The molecule has 0 unspecified atom stereocenters. The first kappa shape index (κ1) is 11.8. The van der Waals surface area contributed by atoms with Crippen molar-refractivity contribution < 1.29 is 0 Å². The Bertz CT molecular complexity index is 238. The van der Waals surface area contributed by atoms with Gasteiger partial charge in [-0.2, -0.15) is 0 Å². The van der Waals surface area contributed by atoms with Gasteiger partial charge in [-0.1, -0.05) is 81.2 Å². The fraction of sp³-hybridized carbons (Fsp3) is 0.600. The van der Waals surface area contributed by atoms with Crippen LogP contribution in [-0.4, -0.2) is 13.0 Å². The molecule has 0 atom stereocenters. The predicted molar refractivity (Wildman–Crippen MR) is 57.2 cm³/mol. The van der Waals surface area contributed by atoms with Crippen LogP contribution in [0.15, 0.2) is 11.1 Å². The number of hydrogen-bond donors (Lipinski definition) is 0. The van der Waals surface area contributed by atoms with Gasteiger partial charge in [-0.15, -0.1) is 0 Å². The lowest BCUT2D eigenvalue weighted by molar-refractivity contribution is 0.768. The minimum atomic E-state index is -1.76. The van der Waals surface area contributed by atoms with Crippen LogP contribution in [0.4, 0.5) is 0 Å². The van der Waals surface area contributed by atoms with Gasteiger partial charge in [0.1, 0.15) is 0 Å². The maximum Gasteiger partial charge on any atom is 0.192 e. The molecule has 0 aromatic heterocycles. The van der Waals surface area contributed by atoms with E-state index in [-0.39, 0.29) is 5.03 Å². The molecule has 0 fully saturated rings. The van der Waals surface area contributed by atoms with Gasteiger partial charge in [-0.3, -0.25) is 0 Å². The molecule has 7 heteroatoms. The van der Waals surface area contributed by atoms with Gasteiger partial charge in [-0.05, 0) is 6.08 Å². The first-order chi connectivity index (χ1) is 5.13. The minimum Gasteiger partial charge on any atom is -0.0941 e. The summed E-state index contributed by atoms with van der Waals surface area (Å²) >= 11 is 40.0. The summed E-state index contributed by atoms with van der Waals surface area (Å²) in [7, 11) is 0. The zero-order valence-electron chi connectivity index (χ0n) is 5.22. The second-order valence-electron chi connectivity index (χ2n) is 2.26. The van der Waals surface area contributed by atoms with E-state index in [0.29, 0.717) is 0 Å². The summed E-state index contributed by atoms with van der Waals surface area (Å²) in [4.78, 5) is 0. The molecular weight excluding hydrogens is 308 g/mol. The Balaban J connectivity index is 3.22. The van der Waals surface area contributed by atoms with Crippen molar-refractivity contribution in [3.8, 4) is 0 Å². The molecule has 0 amide bonds.